The number of amides is 1. The lowest BCUT2D eigenvalue weighted by molar-refractivity contribution is -0.139. The SMILES string of the molecule is C=C(C)C(=O)OCCCCCCCCCCCOC(=O)NCCC[Si](OCC)(OCC)OCC. The number of esters is 1. The number of hydrogen-bond acceptors (Lipinski definition) is 7. The molecule has 0 atom stereocenters. The van der Waals surface area contributed by atoms with Crippen molar-refractivity contribution in [1.29, 1.82) is 0 Å². The van der Waals surface area contributed by atoms with E-state index in [9.17, 15) is 9.59 Å². The van der Waals surface area contributed by atoms with Gasteiger partial charge in [0.1, 0.15) is 0 Å². The summed E-state index contributed by atoms with van der Waals surface area (Å²) >= 11 is 0. The van der Waals surface area contributed by atoms with E-state index in [4.69, 9.17) is 22.8 Å². The zero-order valence-corrected chi connectivity index (χ0v) is 23.1. The molecule has 200 valence electrons. The van der Waals surface area contributed by atoms with Crippen molar-refractivity contribution in [3.8, 4) is 0 Å². The molecule has 0 heterocycles. The van der Waals surface area contributed by atoms with Crippen molar-refractivity contribution in [1.82, 2.24) is 5.32 Å². The number of alkyl carbamates (subject to hydrolysis) is 1. The van der Waals surface area contributed by atoms with Gasteiger partial charge in [0.25, 0.3) is 0 Å². The molecular weight excluding hydrogens is 454 g/mol. The minimum absolute atomic E-state index is 0.299. The molecule has 0 spiro atoms. The van der Waals surface area contributed by atoms with E-state index >= 15 is 0 Å². The van der Waals surface area contributed by atoms with Crippen LogP contribution < -0.4 is 5.32 Å². The standard InChI is InChI=1S/C25H49NO7Si/c1-6-31-34(32-7-2,33-8-3)22-18-19-26-25(28)30-21-17-15-13-11-9-10-12-14-16-20-29-24(27)23(4)5/h4,6-22H2,1-3,5H3,(H,26,28). The van der Waals surface area contributed by atoms with Crippen molar-refractivity contribution in [3.63, 3.8) is 0 Å². The van der Waals surface area contributed by atoms with Crippen molar-refractivity contribution >= 4 is 20.9 Å². The lowest BCUT2D eigenvalue weighted by Gasteiger charge is -2.28. The summed E-state index contributed by atoms with van der Waals surface area (Å²) < 4.78 is 27.8. The Hall–Kier alpha value is -1.42. The Kier molecular flexibility index (Phi) is 21.1. The number of hydrogen-bond donors (Lipinski definition) is 1. The predicted molar refractivity (Wildman–Crippen MR) is 137 cm³/mol. The maximum atomic E-state index is 11.8. The van der Waals surface area contributed by atoms with Gasteiger partial charge in [0, 0.05) is 38.0 Å². The Bertz CT molecular complexity index is 528. The van der Waals surface area contributed by atoms with Crippen molar-refractivity contribution in [3.05, 3.63) is 12.2 Å². The largest absolute Gasteiger partial charge is 0.500 e. The molecule has 0 bridgehead atoms. The van der Waals surface area contributed by atoms with Crippen LogP contribution in [0.5, 0.6) is 0 Å². The lowest BCUT2D eigenvalue weighted by atomic mass is 10.1. The van der Waals surface area contributed by atoms with Crippen LogP contribution in [-0.4, -0.2) is 60.4 Å². The maximum absolute atomic E-state index is 11.8. The topological polar surface area (TPSA) is 92.3 Å². The van der Waals surface area contributed by atoms with Gasteiger partial charge in [-0.3, -0.25) is 0 Å². The molecule has 0 radical (unpaired) electrons. The molecule has 0 aliphatic heterocycles. The monoisotopic (exact) mass is 503 g/mol. The molecule has 0 fully saturated rings. The second-order valence-corrected chi connectivity index (χ2v) is 11.0. The van der Waals surface area contributed by atoms with Gasteiger partial charge >= 0.3 is 20.9 Å². The van der Waals surface area contributed by atoms with E-state index in [2.05, 4.69) is 11.9 Å². The van der Waals surface area contributed by atoms with Gasteiger partial charge in [-0.25, -0.2) is 9.59 Å². The van der Waals surface area contributed by atoms with Crippen LogP contribution in [0.4, 0.5) is 4.79 Å². The Morgan fingerprint density at radius 1 is 0.706 bits per heavy atom. The molecule has 8 nitrogen and oxygen atoms in total. The smallest absolute Gasteiger partial charge is 0.462 e. The van der Waals surface area contributed by atoms with Gasteiger partial charge in [-0.05, 0) is 47.0 Å². The highest BCUT2D eigenvalue weighted by atomic mass is 28.4. The van der Waals surface area contributed by atoms with Crippen LogP contribution in [0.1, 0.15) is 91.9 Å². The van der Waals surface area contributed by atoms with Gasteiger partial charge in [-0.15, -0.1) is 0 Å². The molecule has 0 aromatic heterocycles. The molecule has 0 saturated heterocycles. The third-order valence-electron chi connectivity index (χ3n) is 5.13. The molecule has 0 rings (SSSR count). The highest BCUT2D eigenvalue weighted by molar-refractivity contribution is 6.60. The van der Waals surface area contributed by atoms with Gasteiger partial charge in [0.15, 0.2) is 0 Å². The molecule has 0 saturated carbocycles. The minimum Gasteiger partial charge on any atom is -0.462 e. The van der Waals surface area contributed by atoms with Crippen molar-refractivity contribution in [2.75, 3.05) is 39.6 Å². The number of rotatable bonds is 23. The molecule has 34 heavy (non-hydrogen) atoms. The first-order chi connectivity index (χ1) is 16.4. The number of unbranched alkanes of at least 4 members (excludes halogenated alkanes) is 8. The molecule has 0 unspecified atom stereocenters. The molecular formula is C25H49NO7Si. The fourth-order valence-corrected chi connectivity index (χ4v) is 6.05. The number of carbonyl (C=O) groups excluding carboxylic acids is 2. The maximum Gasteiger partial charge on any atom is 0.500 e. The lowest BCUT2D eigenvalue weighted by Crippen LogP contribution is -2.46. The Balaban J connectivity index is 3.59. The average Bonchev–Trinajstić information content (AvgIpc) is 2.80. The molecule has 1 amide bonds. The first kappa shape index (κ1) is 32.6. The van der Waals surface area contributed by atoms with Crippen LogP contribution in [-0.2, 0) is 27.5 Å². The number of carbonyl (C=O) groups is 2. The molecule has 1 N–H and O–H groups in total. The van der Waals surface area contributed by atoms with Crippen molar-refractivity contribution in [2.24, 2.45) is 0 Å². The summed E-state index contributed by atoms with van der Waals surface area (Å²) in [6.45, 7) is 14.1. The summed E-state index contributed by atoms with van der Waals surface area (Å²) in [5.41, 5.74) is 0.451. The van der Waals surface area contributed by atoms with Crippen LogP contribution in [0.3, 0.4) is 0 Å². The summed E-state index contributed by atoms with van der Waals surface area (Å²) in [6, 6.07) is 0.672. The fourth-order valence-electron chi connectivity index (χ4n) is 3.44. The summed E-state index contributed by atoms with van der Waals surface area (Å²) in [5, 5.41) is 2.80. The highest BCUT2D eigenvalue weighted by Crippen LogP contribution is 2.17. The first-order valence-corrected chi connectivity index (χ1v) is 15.0. The summed E-state index contributed by atoms with van der Waals surface area (Å²) in [5.74, 6) is -0.299. The molecule has 0 aromatic rings. The molecule has 0 aliphatic rings. The Morgan fingerprint density at radius 2 is 1.15 bits per heavy atom. The van der Waals surface area contributed by atoms with Gasteiger partial charge < -0.3 is 28.1 Å². The predicted octanol–water partition coefficient (Wildman–Crippen LogP) is 5.78. The number of ether oxygens (including phenoxy) is 2. The van der Waals surface area contributed by atoms with E-state index in [1.54, 1.807) is 6.92 Å². The zero-order chi connectivity index (χ0) is 25.5. The van der Waals surface area contributed by atoms with Gasteiger partial charge in [-0.2, -0.15) is 0 Å². The third-order valence-corrected chi connectivity index (χ3v) is 8.28. The van der Waals surface area contributed by atoms with E-state index in [0.29, 0.717) is 51.2 Å². The van der Waals surface area contributed by atoms with Crippen LogP contribution in [0, 0.1) is 0 Å². The van der Waals surface area contributed by atoms with E-state index < -0.39 is 8.80 Å². The van der Waals surface area contributed by atoms with E-state index in [1.807, 2.05) is 20.8 Å². The summed E-state index contributed by atoms with van der Waals surface area (Å²) in [6.07, 6.45) is 10.2. The highest BCUT2D eigenvalue weighted by Gasteiger charge is 2.39. The Morgan fingerprint density at radius 3 is 1.59 bits per heavy atom. The summed E-state index contributed by atoms with van der Waals surface area (Å²) in [7, 11) is -2.65. The van der Waals surface area contributed by atoms with Gasteiger partial charge in [0.05, 0.1) is 13.2 Å². The minimum atomic E-state index is -2.65. The second kappa shape index (κ2) is 22.1. The second-order valence-electron chi connectivity index (χ2n) is 8.25. The molecule has 9 heteroatoms. The van der Waals surface area contributed by atoms with E-state index in [1.165, 1.54) is 19.3 Å². The normalized spacial score (nSPS) is 11.3. The van der Waals surface area contributed by atoms with Crippen LogP contribution in [0.25, 0.3) is 0 Å². The average molecular weight is 504 g/mol. The van der Waals surface area contributed by atoms with E-state index in [0.717, 1.165) is 44.9 Å². The van der Waals surface area contributed by atoms with Crippen molar-refractivity contribution < 1.29 is 32.3 Å². The quantitative estimate of drug-likeness (QED) is 0.0817. The zero-order valence-electron chi connectivity index (χ0n) is 22.1. The van der Waals surface area contributed by atoms with Gasteiger partial charge in [0.2, 0.25) is 0 Å². The molecule has 0 aliphatic carbocycles. The van der Waals surface area contributed by atoms with Crippen molar-refractivity contribution in [2.45, 2.75) is 97.9 Å². The van der Waals surface area contributed by atoms with Crippen LogP contribution >= 0.6 is 0 Å². The van der Waals surface area contributed by atoms with Crippen LogP contribution in [0.15, 0.2) is 12.2 Å². The van der Waals surface area contributed by atoms with Crippen LogP contribution in [0.2, 0.25) is 6.04 Å². The fraction of sp³-hybridized carbons (Fsp3) is 0.840. The van der Waals surface area contributed by atoms with Gasteiger partial charge in [-0.1, -0.05) is 51.5 Å². The molecule has 0 aromatic carbocycles. The Labute approximate surface area is 208 Å². The third kappa shape index (κ3) is 18.0. The van der Waals surface area contributed by atoms with E-state index in [-0.39, 0.29) is 12.1 Å². The number of nitrogens with one attached hydrogen (secondary N) is 1. The first-order valence-electron chi connectivity index (χ1n) is 13.1. The summed E-state index contributed by atoms with van der Waals surface area (Å²) in [4.78, 5) is 23.1.